The van der Waals surface area contributed by atoms with Crippen LogP contribution in [-0.2, 0) is 9.47 Å². The van der Waals surface area contributed by atoms with Gasteiger partial charge in [0.25, 0.3) is 0 Å². The van der Waals surface area contributed by atoms with E-state index in [-0.39, 0.29) is 36.5 Å². The summed E-state index contributed by atoms with van der Waals surface area (Å²) in [5.74, 6) is -0.157. The molecule has 10 nitrogen and oxygen atoms in total. The van der Waals surface area contributed by atoms with Crippen LogP contribution in [0.1, 0.15) is 52.3 Å². The molecule has 0 saturated carbocycles. The molecule has 0 aromatic carbocycles. The van der Waals surface area contributed by atoms with E-state index in [4.69, 9.17) is 14.2 Å². The lowest BCUT2D eigenvalue weighted by Gasteiger charge is -2.26. The summed E-state index contributed by atoms with van der Waals surface area (Å²) in [4.78, 5) is 22.7. The van der Waals surface area contributed by atoms with Gasteiger partial charge >= 0.3 is 17.7 Å². The number of carbonyl (C=O) groups is 1. The van der Waals surface area contributed by atoms with Crippen LogP contribution >= 0.6 is 0 Å². The second-order valence-electron chi connectivity index (χ2n) is 8.07. The Balaban J connectivity index is 2.00. The van der Waals surface area contributed by atoms with Gasteiger partial charge in [-0.2, -0.15) is 0 Å². The van der Waals surface area contributed by atoms with E-state index in [9.17, 15) is 19.3 Å². The van der Waals surface area contributed by atoms with Gasteiger partial charge < -0.3 is 19.5 Å². The number of nitrogens with one attached hydrogen (secondary N) is 1. The van der Waals surface area contributed by atoms with Crippen LogP contribution in [0.25, 0.3) is 0 Å². The fraction of sp³-hybridized carbons (Fsp3) is 0.778. The fourth-order valence-corrected chi connectivity index (χ4v) is 2.99. The number of hydrogen-bond donors (Lipinski definition) is 1. The highest BCUT2D eigenvalue weighted by atomic mass is 19.1. The Morgan fingerprint density at radius 1 is 1.52 bits per heavy atom. The SMILES string of the molecule is Cc1c([N+](=O)[O-])c(OCCC(C)NC(=O)OC(C)(C)C)nn1C1CCOCC1F. The van der Waals surface area contributed by atoms with Crippen LogP contribution in [-0.4, -0.2) is 58.4 Å². The van der Waals surface area contributed by atoms with Gasteiger partial charge in [0, 0.05) is 19.1 Å². The van der Waals surface area contributed by atoms with E-state index in [0.717, 1.165) is 0 Å². The second-order valence-corrected chi connectivity index (χ2v) is 8.07. The third kappa shape index (κ3) is 6.28. The van der Waals surface area contributed by atoms with E-state index in [0.29, 0.717) is 19.4 Å². The zero-order valence-electron chi connectivity index (χ0n) is 17.4. The van der Waals surface area contributed by atoms with Gasteiger partial charge in [-0.15, -0.1) is 5.10 Å². The minimum Gasteiger partial charge on any atom is -0.472 e. The molecule has 1 fully saturated rings. The number of amides is 1. The van der Waals surface area contributed by atoms with Gasteiger partial charge in [-0.25, -0.2) is 9.18 Å². The van der Waals surface area contributed by atoms with E-state index >= 15 is 0 Å². The maximum absolute atomic E-state index is 14.2. The molecule has 1 amide bonds. The standard InChI is InChI=1S/C18H29FN4O6/c1-11(20-17(24)29-18(3,4)5)6-9-28-16-15(23(25)26)12(2)22(21-16)14-7-8-27-10-13(14)19/h11,13-14H,6-10H2,1-5H3,(H,20,24). The quantitative estimate of drug-likeness (QED) is 0.536. The number of nitrogens with zero attached hydrogens (tertiary/aromatic N) is 3. The van der Waals surface area contributed by atoms with Crippen molar-refractivity contribution in [2.75, 3.05) is 19.8 Å². The van der Waals surface area contributed by atoms with Crippen molar-refractivity contribution >= 4 is 11.8 Å². The van der Waals surface area contributed by atoms with Gasteiger partial charge in [0.15, 0.2) is 0 Å². The molecule has 0 radical (unpaired) electrons. The first-order chi connectivity index (χ1) is 13.5. The highest BCUT2D eigenvalue weighted by molar-refractivity contribution is 5.68. The maximum atomic E-state index is 14.2. The minimum absolute atomic E-state index is 0.0677. The average molecular weight is 416 g/mol. The minimum atomic E-state index is -1.30. The summed E-state index contributed by atoms with van der Waals surface area (Å²) in [5.41, 5.74) is -0.653. The van der Waals surface area contributed by atoms with E-state index in [1.165, 1.54) is 11.6 Å². The lowest BCUT2D eigenvalue weighted by Crippen LogP contribution is -2.38. The van der Waals surface area contributed by atoms with Crippen molar-refractivity contribution in [2.45, 2.75) is 71.3 Å². The molecule has 3 atom stereocenters. The molecule has 1 aromatic heterocycles. The predicted octanol–water partition coefficient (Wildman–Crippen LogP) is 3.08. The Kier molecular flexibility index (Phi) is 7.39. The molecule has 1 saturated heterocycles. The summed E-state index contributed by atoms with van der Waals surface area (Å²) in [6.07, 6.45) is -1.10. The van der Waals surface area contributed by atoms with Crippen molar-refractivity contribution in [2.24, 2.45) is 0 Å². The van der Waals surface area contributed by atoms with Crippen molar-refractivity contribution in [3.8, 4) is 5.88 Å². The molecule has 11 heteroatoms. The first-order valence-electron chi connectivity index (χ1n) is 9.57. The van der Waals surface area contributed by atoms with Crippen molar-refractivity contribution < 1.29 is 28.3 Å². The molecule has 1 aliphatic heterocycles. The first kappa shape index (κ1) is 22.9. The molecular formula is C18H29FN4O6. The lowest BCUT2D eigenvalue weighted by atomic mass is 10.1. The molecule has 0 aliphatic carbocycles. The van der Waals surface area contributed by atoms with Crippen LogP contribution in [0.15, 0.2) is 0 Å². The number of carbonyl (C=O) groups excluding carboxylic acids is 1. The van der Waals surface area contributed by atoms with Crippen molar-refractivity contribution in [1.29, 1.82) is 0 Å². The van der Waals surface area contributed by atoms with Gasteiger partial charge in [0.2, 0.25) is 0 Å². The summed E-state index contributed by atoms with van der Waals surface area (Å²) >= 11 is 0. The van der Waals surface area contributed by atoms with Gasteiger partial charge in [-0.1, -0.05) is 0 Å². The van der Waals surface area contributed by atoms with Gasteiger partial charge in [0.1, 0.15) is 17.5 Å². The third-order valence-corrected chi connectivity index (χ3v) is 4.39. The molecule has 1 aromatic rings. The third-order valence-electron chi connectivity index (χ3n) is 4.39. The van der Waals surface area contributed by atoms with Gasteiger partial charge in [-0.05, 0) is 41.0 Å². The highest BCUT2D eigenvalue weighted by Gasteiger charge is 2.35. The van der Waals surface area contributed by atoms with Crippen molar-refractivity contribution in [3.05, 3.63) is 15.8 Å². The summed E-state index contributed by atoms with van der Waals surface area (Å²) in [6, 6.07) is -0.912. The molecule has 0 spiro atoms. The predicted molar refractivity (Wildman–Crippen MR) is 102 cm³/mol. The molecule has 2 heterocycles. The highest BCUT2D eigenvalue weighted by Crippen LogP contribution is 2.35. The number of alkyl carbamates (subject to hydrolysis) is 1. The van der Waals surface area contributed by atoms with Crippen LogP contribution in [0.3, 0.4) is 0 Å². The number of nitro groups is 1. The van der Waals surface area contributed by atoms with E-state index < -0.39 is 28.8 Å². The van der Waals surface area contributed by atoms with Crippen molar-refractivity contribution in [1.82, 2.24) is 15.1 Å². The van der Waals surface area contributed by atoms with Crippen molar-refractivity contribution in [3.63, 3.8) is 0 Å². The molecule has 1 N–H and O–H groups in total. The Hall–Kier alpha value is -2.43. The normalized spacial score (nSPS) is 20.8. The Bertz CT molecular complexity index is 733. The molecule has 164 valence electrons. The van der Waals surface area contributed by atoms with Crippen LogP contribution in [0.5, 0.6) is 5.88 Å². The number of hydrogen-bond acceptors (Lipinski definition) is 7. The van der Waals surface area contributed by atoms with E-state index in [1.807, 2.05) is 0 Å². The molecule has 29 heavy (non-hydrogen) atoms. The number of ether oxygens (including phenoxy) is 3. The fourth-order valence-electron chi connectivity index (χ4n) is 2.99. The van der Waals surface area contributed by atoms with Crippen LogP contribution < -0.4 is 10.1 Å². The Morgan fingerprint density at radius 2 is 2.21 bits per heavy atom. The molecule has 0 bridgehead atoms. The zero-order valence-corrected chi connectivity index (χ0v) is 17.4. The summed E-state index contributed by atoms with van der Waals surface area (Å²) in [7, 11) is 0. The smallest absolute Gasteiger partial charge is 0.407 e. The zero-order chi connectivity index (χ0) is 21.8. The Labute approximate surface area is 168 Å². The summed E-state index contributed by atoms with van der Waals surface area (Å²) < 4.78 is 31.3. The molecule has 2 rings (SSSR count). The van der Waals surface area contributed by atoms with Gasteiger partial charge in [-0.3, -0.25) is 14.8 Å². The lowest BCUT2D eigenvalue weighted by molar-refractivity contribution is -0.386. The number of aromatic nitrogens is 2. The number of rotatable bonds is 7. The largest absolute Gasteiger partial charge is 0.472 e. The second kappa shape index (κ2) is 9.38. The molecular weight excluding hydrogens is 387 g/mol. The topological polar surface area (TPSA) is 118 Å². The van der Waals surface area contributed by atoms with Crippen LogP contribution in [0.4, 0.5) is 14.9 Å². The number of alkyl halides is 1. The van der Waals surface area contributed by atoms with E-state index in [2.05, 4.69) is 10.4 Å². The molecule has 1 aliphatic rings. The molecule has 3 unspecified atom stereocenters. The number of halogens is 1. The summed E-state index contributed by atoms with van der Waals surface area (Å²) in [5, 5.41) is 18.3. The Morgan fingerprint density at radius 3 is 2.79 bits per heavy atom. The van der Waals surface area contributed by atoms with Crippen LogP contribution in [0.2, 0.25) is 0 Å². The monoisotopic (exact) mass is 416 g/mol. The first-order valence-corrected chi connectivity index (χ1v) is 9.57. The average Bonchev–Trinajstić information content (AvgIpc) is 2.89. The maximum Gasteiger partial charge on any atom is 0.407 e. The van der Waals surface area contributed by atoms with Gasteiger partial charge in [0.05, 0.1) is 24.2 Å². The van der Waals surface area contributed by atoms with Crippen LogP contribution in [0, 0.1) is 17.0 Å². The summed E-state index contributed by atoms with van der Waals surface area (Å²) in [6.45, 7) is 8.95. The van der Waals surface area contributed by atoms with E-state index in [1.54, 1.807) is 27.7 Å².